The first kappa shape index (κ1) is 8.00. The molecule has 12 heavy (non-hydrogen) atoms. The second-order valence-corrected chi connectivity index (χ2v) is 3.73. The largest absolute Gasteiger partial charge is 0.211 e. The second kappa shape index (κ2) is 3.02. The molecule has 2 heterocycles. The Morgan fingerprint density at radius 2 is 2.42 bits per heavy atom. The molecule has 0 unspecified atom stereocenters. The molecule has 4 nitrogen and oxygen atoms in total. The van der Waals surface area contributed by atoms with Gasteiger partial charge in [0.2, 0.25) is 0 Å². The SMILES string of the molecule is CSc1ncn2ncc(Br)c2n1. The third kappa shape index (κ3) is 1.21. The Hall–Kier alpha value is -0.620. The van der Waals surface area contributed by atoms with Gasteiger partial charge in [0, 0.05) is 0 Å². The fourth-order valence-electron chi connectivity index (χ4n) is 0.846. The molecule has 2 rings (SSSR count). The van der Waals surface area contributed by atoms with E-state index in [4.69, 9.17) is 0 Å². The van der Waals surface area contributed by atoms with Gasteiger partial charge >= 0.3 is 0 Å². The molecule has 62 valence electrons. The fraction of sp³-hybridized carbons (Fsp3) is 0.167. The lowest BCUT2D eigenvalue weighted by molar-refractivity contribution is 0.834. The maximum absolute atomic E-state index is 4.26. The molecule has 0 fully saturated rings. The van der Waals surface area contributed by atoms with Crippen molar-refractivity contribution in [3.8, 4) is 0 Å². The lowest BCUT2D eigenvalue weighted by Crippen LogP contribution is -1.93. The van der Waals surface area contributed by atoms with Crippen molar-refractivity contribution >= 4 is 33.3 Å². The molecule has 0 saturated carbocycles. The minimum absolute atomic E-state index is 0.753. The summed E-state index contributed by atoms with van der Waals surface area (Å²) >= 11 is 4.86. The first-order valence-corrected chi connectivity index (χ1v) is 5.23. The van der Waals surface area contributed by atoms with Crippen LogP contribution in [-0.2, 0) is 0 Å². The van der Waals surface area contributed by atoms with Gasteiger partial charge in [-0.3, -0.25) is 0 Å². The summed E-state index contributed by atoms with van der Waals surface area (Å²) in [6, 6.07) is 0. The van der Waals surface area contributed by atoms with E-state index in [-0.39, 0.29) is 0 Å². The van der Waals surface area contributed by atoms with Gasteiger partial charge in [-0.2, -0.15) is 5.10 Å². The molecule has 0 aliphatic rings. The van der Waals surface area contributed by atoms with Crippen molar-refractivity contribution in [2.24, 2.45) is 0 Å². The van der Waals surface area contributed by atoms with E-state index >= 15 is 0 Å². The molecular weight excluding hydrogens is 240 g/mol. The van der Waals surface area contributed by atoms with Crippen molar-refractivity contribution in [3.63, 3.8) is 0 Å². The molecule has 2 aromatic rings. The predicted molar refractivity (Wildman–Crippen MR) is 50.3 cm³/mol. The molecule has 0 saturated heterocycles. The Kier molecular flexibility index (Phi) is 2.02. The number of rotatable bonds is 1. The summed E-state index contributed by atoms with van der Waals surface area (Å²) in [5, 5.41) is 4.78. The summed E-state index contributed by atoms with van der Waals surface area (Å²) in [5.41, 5.74) is 0.800. The third-order valence-electron chi connectivity index (χ3n) is 1.39. The van der Waals surface area contributed by atoms with Crippen LogP contribution in [0.3, 0.4) is 0 Å². The summed E-state index contributed by atoms with van der Waals surface area (Å²) in [6.07, 6.45) is 5.29. The number of fused-ring (bicyclic) bond motifs is 1. The number of nitrogens with zero attached hydrogens (tertiary/aromatic N) is 4. The van der Waals surface area contributed by atoms with Gasteiger partial charge in [0.15, 0.2) is 10.8 Å². The van der Waals surface area contributed by atoms with Gasteiger partial charge in [-0.25, -0.2) is 14.5 Å². The Bertz CT molecular complexity index is 413. The van der Waals surface area contributed by atoms with Crippen LogP contribution in [0.5, 0.6) is 0 Å². The molecule has 0 aliphatic carbocycles. The minimum atomic E-state index is 0.753. The topological polar surface area (TPSA) is 43.1 Å². The summed E-state index contributed by atoms with van der Waals surface area (Å²) in [5.74, 6) is 0. The van der Waals surface area contributed by atoms with E-state index in [2.05, 4.69) is 31.0 Å². The molecule has 0 aliphatic heterocycles. The van der Waals surface area contributed by atoms with Gasteiger partial charge in [0.05, 0.1) is 10.7 Å². The van der Waals surface area contributed by atoms with Crippen LogP contribution in [-0.4, -0.2) is 25.8 Å². The van der Waals surface area contributed by atoms with Crippen molar-refractivity contribution in [2.45, 2.75) is 5.16 Å². The van der Waals surface area contributed by atoms with E-state index in [0.717, 1.165) is 15.3 Å². The summed E-state index contributed by atoms with van der Waals surface area (Å²) in [6.45, 7) is 0. The summed E-state index contributed by atoms with van der Waals surface area (Å²) in [4.78, 5) is 8.33. The highest BCUT2D eigenvalue weighted by atomic mass is 79.9. The maximum atomic E-state index is 4.26. The number of halogens is 1. The monoisotopic (exact) mass is 244 g/mol. The summed E-state index contributed by atoms with van der Waals surface area (Å²) in [7, 11) is 0. The molecule has 2 aromatic heterocycles. The number of hydrogen-bond acceptors (Lipinski definition) is 4. The Morgan fingerprint density at radius 3 is 3.17 bits per heavy atom. The van der Waals surface area contributed by atoms with E-state index in [1.807, 2.05) is 6.26 Å². The van der Waals surface area contributed by atoms with Crippen molar-refractivity contribution in [3.05, 3.63) is 17.0 Å². The van der Waals surface area contributed by atoms with Gasteiger partial charge in [-0.1, -0.05) is 11.8 Å². The highest BCUT2D eigenvalue weighted by Gasteiger charge is 2.03. The van der Waals surface area contributed by atoms with Crippen LogP contribution in [0.1, 0.15) is 0 Å². The van der Waals surface area contributed by atoms with Gasteiger partial charge in [0.1, 0.15) is 6.33 Å². The molecule has 6 heteroatoms. The lowest BCUT2D eigenvalue weighted by Gasteiger charge is -1.94. The van der Waals surface area contributed by atoms with Crippen LogP contribution in [0, 0.1) is 0 Å². The average molecular weight is 245 g/mol. The molecule has 0 atom stereocenters. The lowest BCUT2D eigenvalue weighted by atomic mass is 10.7. The highest BCUT2D eigenvalue weighted by Crippen LogP contribution is 2.16. The number of hydrogen-bond donors (Lipinski definition) is 0. The Balaban J connectivity index is 2.71. The van der Waals surface area contributed by atoms with Crippen LogP contribution in [0.25, 0.3) is 5.65 Å². The van der Waals surface area contributed by atoms with Crippen molar-refractivity contribution < 1.29 is 0 Å². The number of aromatic nitrogens is 4. The molecule has 0 radical (unpaired) electrons. The van der Waals surface area contributed by atoms with Crippen LogP contribution in [0.4, 0.5) is 0 Å². The zero-order chi connectivity index (χ0) is 8.55. The fourth-order valence-corrected chi connectivity index (χ4v) is 1.54. The first-order valence-electron chi connectivity index (χ1n) is 3.21. The van der Waals surface area contributed by atoms with Gasteiger partial charge < -0.3 is 0 Å². The van der Waals surface area contributed by atoms with E-state index in [9.17, 15) is 0 Å². The smallest absolute Gasteiger partial charge is 0.190 e. The van der Waals surface area contributed by atoms with E-state index in [0.29, 0.717) is 0 Å². The molecule has 0 bridgehead atoms. The predicted octanol–water partition coefficient (Wildman–Crippen LogP) is 1.61. The maximum Gasteiger partial charge on any atom is 0.190 e. The zero-order valence-corrected chi connectivity index (χ0v) is 8.63. The minimum Gasteiger partial charge on any atom is -0.211 e. The van der Waals surface area contributed by atoms with Crippen molar-refractivity contribution in [2.75, 3.05) is 6.26 Å². The molecule has 0 spiro atoms. The molecule has 0 N–H and O–H groups in total. The Morgan fingerprint density at radius 1 is 1.58 bits per heavy atom. The van der Waals surface area contributed by atoms with Crippen molar-refractivity contribution in [1.29, 1.82) is 0 Å². The quantitative estimate of drug-likeness (QED) is 0.716. The molecule has 0 aromatic carbocycles. The number of thioether (sulfide) groups is 1. The van der Waals surface area contributed by atoms with Gasteiger partial charge in [-0.15, -0.1) is 0 Å². The molecule has 0 amide bonds. The average Bonchev–Trinajstić information content (AvgIpc) is 2.47. The van der Waals surface area contributed by atoms with E-state index in [1.54, 1.807) is 17.0 Å². The summed E-state index contributed by atoms with van der Waals surface area (Å²) < 4.78 is 2.52. The van der Waals surface area contributed by atoms with E-state index < -0.39 is 0 Å². The van der Waals surface area contributed by atoms with Gasteiger partial charge in [-0.05, 0) is 22.2 Å². The second-order valence-electron chi connectivity index (χ2n) is 2.10. The third-order valence-corrected chi connectivity index (χ3v) is 2.51. The zero-order valence-electron chi connectivity index (χ0n) is 6.23. The van der Waals surface area contributed by atoms with Crippen molar-refractivity contribution in [1.82, 2.24) is 19.6 Å². The molecular formula is C6H5BrN4S. The van der Waals surface area contributed by atoms with Crippen LogP contribution < -0.4 is 0 Å². The standard InChI is InChI=1S/C6H5BrN4S/c1-12-6-8-3-11-5(10-6)4(7)2-9-11/h2-3H,1H3. The van der Waals surface area contributed by atoms with Crippen LogP contribution in [0.15, 0.2) is 22.2 Å². The van der Waals surface area contributed by atoms with E-state index in [1.165, 1.54) is 11.8 Å². The van der Waals surface area contributed by atoms with Gasteiger partial charge in [0.25, 0.3) is 0 Å². The van der Waals surface area contributed by atoms with Crippen LogP contribution in [0.2, 0.25) is 0 Å². The first-order chi connectivity index (χ1) is 5.81. The Labute approximate surface area is 81.5 Å². The van der Waals surface area contributed by atoms with Crippen LogP contribution >= 0.6 is 27.7 Å². The highest BCUT2D eigenvalue weighted by molar-refractivity contribution is 9.10. The normalized spacial score (nSPS) is 10.8.